The van der Waals surface area contributed by atoms with E-state index in [9.17, 15) is 9.59 Å². The number of carbonyl (C=O) groups excluding carboxylic acids is 2. The van der Waals surface area contributed by atoms with E-state index < -0.39 is 0 Å². The number of rotatable bonds is 4. The topological polar surface area (TPSA) is 79.5 Å². The van der Waals surface area contributed by atoms with E-state index in [-0.39, 0.29) is 11.9 Å². The van der Waals surface area contributed by atoms with E-state index in [1.807, 2.05) is 6.92 Å². The van der Waals surface area contributed by atoms with Crippen molar-refractivity contribution in [3.63, 3.8) is 0 Å². The van der Waals surface area contributed by atoms with Crippen LogP contribution in [0, 0.1) is 12.8 Å². The van der Waals surface area contributed by atoms with Crippen LogP contribution in [-0.4, -0.2) is 38.7 Å². The van der Waals surface area contributed by atoms with Crippen molar-refractivity contribution >= 4 is 17.6 Å². The summed E-state index contributed by atoms with van der Waals surface area (Å²) in [6.45, 7) is 3.87. The smallest absolute Gasteiger partial charge is 0.319 e. The molecule has 1 aliphatic heterocycles. The fraction of sp³-hybridized carbons (Fsp3) is 0.467. The third kappa shape index (κ3) is 3.95. The van der Waals surface area contributed by atoms with E-state index in [0.29, 0.717) is 30.3 Å². The summed E-state index contributed by atoms with van der Waals surface area (Å²) in [7, 11) is 1.58. The van der Waals surface area contributed by atoms with Crippen LogP contribution in [0.25, 0.3) is 0 Å². The van der Waals surface area contributed by atoms with Crippen molar-refractivity contribution in [1.29, 1.82) is 0 Å². The lowest BCUT2D eigenvalue weighted by molar-refractivity contribution is 0.0962. The number of amides is 3. The normalized spacial score (nSPS) is 17.3. The molecule has 21 heavy (non-hydrogen) atoms. The quantitative estimate of drug-likeness (QED) is 0.787. The van der Waals surface area contributed by atoms with Gasteiger partial charge in [-0.2, -0.15) is 0 Å². The molecule has 6 heteroatoms. The molecule has 1 aromatic carbocycles. The van der Waals surface area contributed by atoms with Gasteiger partial charge in [-0.15, -0.1) is 0 Å². The first-order chi connectivity index (χ1) is 10.1. The lowest BCUT2D eigenvalue weighted by atomic mass is 10.1. The van der Waals surface area contributed by atoms with Crippen molar-refractivity contribution in [3.8, 4) is 0 Å². The molecule has 0 saturated carbocycles. The molecule has 0 unspecified atom stereocenters. The number of carbonyl (C=O) groups is 2. The second-order valence-electron chi connectivity index (χ2n) is 5.12. The second kappa shape index (κ2) is 7.08. The molecule has 3 N–H and O–H groups in total. The van der Waals surface area contributed by atoms with Gasteiger partial charge in [-0.3, -0.25) is 4.79 Å². The minimum Gasteiger partial charge on any atom is -0.381 e. The predicted molar refractivity (Wildman–Crippen MR) is 80.5 cm³/mol. The van der Waals surface area contributed by atoms with Crippen LogP contribution in [-0.2, 0) is 4.74 Å². The van der Waals surface area contributed by atoms with Crippen LogP contribution in [0.3, 0.4) is 0 Å². The number of hydrogen-bond acceptors (Lipinski definition) is 3. The molecule has 0 aliphatic carbocycles. The zero-order chi connectivity index (χ0) is 15.2. The van der Waals surface area contributed by atoms with Gasteiger partial charge >= 0.3 is 6.03 Å². The lowest BCUT2D eigenvalue weighted by Gasteiger charge is -2.14. The van der Waals surface area contributed by atoms with Gasteiger partial charge in [0.15, 0.2) is 0 Å². The maximum absolute atomic E-state index is 11.9. The first kappa shape index (κ1) is 15.3. The summed E-state index contributed by atoms with van der Waals surface area (Å²) in [5, 5.41) is 8.20. The van der Waals surface area contributed by atoms with Gasteiger partial charge in [0, 0.05) is 37.4 Å². The van der Waals surface area contributed by atoms with Crippen LogP contribution in [0.4, 0.5) is 10.5 Å². The molecule has 1 aliphatic rings. The number of urea groups is 1. The van der Waals surface area contributed by atoms with Gasteiger partial charge in [0.25, 0.3) is 5.91 Å². The third-order valence-electron chi connectivity index (χ3n) is 3.63. The summed E-state index contributed by atoms with van der Waals surface area (Å²) >= 11 is 0. The standard InChI is InChI=1S/C15H21N3O3/c1-10-12(14(19)16-2)4-3-5-13(10)18-15(20)17-8-11-6-7-21-9-11/h3-5,11H,6-9H2,1-2H3,(H,16,19)(H2,17,18,20)/t11-/m0/s1. The Kier molecular flexibility index (Phi) is 5.16. The van der Waals surface area contributed by atoms with E-state index in [4.69, 9.17) is 4.74 Å². The minimum absolute atomic E-state index is 0.167. The highest BCUT2D eigenvalue weighted by Crippen LogP contribution is 2.19. The molecule has 6 nitrogen and oxygen atoms in total. The van der Waals surface area contributed by atoms with E-state index in [2.05, 4.69) is 16.0 Å². The molecule has 114 valence electrons. The van der Waals surface area contributed by atoms with E-state index in [1.165, 1.54) is 0 Å². The van der Waals surface area contributed by atoms with Gasteiger partial charge in [0.1, 0.15) is 0 Å². The number of ether oxygens (including phenoxy) is 1. The van der Waals surface area contributed by atoms with Gasteiger partial charge in [-0.05, 0) is 31.0 Å². The molecule has 1 atom stereocenters. The Morgan fingerprint density at radius 1 is 1.38 bits per heavy atom. The van der Waals surface area contributed by atoms with Crippen LogP contribution in [0.15, 0.2) is 18.2 Å². The molecule has 1 saturated heterocycles. The molecule has 0 aromatic heterocycles. The van der Waals surface area contributed by atoms with Gasteiger partial charge in [-0.25, -0.2) is 4.79 Å². The van der Waals surface area contributed by atoms with E-state index in [1.54, 1.807) is 25.2 Å². The summed E-state index contributed by atoms with van der Waals surface area (Å²) in [5.41, 5.74) is 1.94. The first-order valence-corrected chi connectivity index (χ1v) is 7.06. The zero-order valence-corrected chi connectivity index (χ0v) is 12.4. The molecular formula is C15H21N3O3. The van der Waals surface area contributed by atoms with Crippen LogP contribution in [0.5, 0.6) is 0 Å². The molecule has 1 fully saturated rings. The summed E-state index contributed by atoms with van der Waals surface area (Å²) in [5.74, 6) is 0.216. The molecule has 2 rings (SSSR count). The molecule has 0 bridgehead atoms. The molecule has 0 spiro atoms. The molecule has 1 aromatic rings. The van der Waals surface area contributed by atoms with Crippen LogP contribution in [0.1, 0.15) is 22.3 Å². The van der Waals surface area contributed by atoms with Crippen molar-refractivity contribution in [2.24, 2.45) is 5.92 Å². The number of nitrogens with one attached hydrogen (secondary N) is 3. The average Bonchev–Trinajstić information content (AvgIpc) is 3.00. The minimum atomic E-state index is -0.265. The SMILES string of the molecule is CNC(=O)c1cccc(NC(=O)NC[C@@H]2CCOC2)c1C. The third-order valence-corrected chi connectivity index (χ3v) is 3.63. The Balaban J connectivity index is 1.95. The summed E-state index contributed by atoms with van der Waals surface area (Å²) in [4.78, 5) is 23.6. The molecule has 0 radical (unpaired) electrons. The number of hydrogen-bond donors (Lipinski definition) is 3. The fourth-order valence-electron chi connectivity index (χ4n) is 2.30. The Morgan fingerprint density at radius 2 is 2.19 bits per heavy atom. The molecular weight excluding hydrogens is 270 g/mol. The van der Waals surface area contributed by atoms with E-state index in [0.717, 1.165) is 18.6 Å². The van der Waals surface area contributed by atoms with Gasteiger partial charge in [0.05, 0.1) is 6.61 Å². The van der Waals surface area contributed by atoms with Crippen molar-refractivity contribution in [1.82, 2.24) is 10.6 Å². The zero-order valence-electron chi connectivity index (χ0n) is 12.4. The predicted octanol–water partition coefficient (Wildman–Crippen LogP) is 1.51. The highest BCUT2D eigenvalue weighted by molar-refractivity contribution is 5.98. The highest BCUT2D eigenvalue weighted by Gasteiger charge is 2.17. The van der Waals surface area contributed by atoms with Gasteiger partial charge in [0.2, 0.25) is 0 Å². The van der Waals surface area contributed by atoms with Crippen molar-refractivity contribution < 1.29 is 14.3 Å². The maximum Gasteiger partial charge on any atom is 0.319 e. The van der Waals surface area contributed by atoms with Crippen LogP contribution in [0.2, 0.25) is 0 Å². The summed E-state index contributed by atoms with van der Waals surface area (Å²) in [6.07, 6.45) is 0.978. The number of anilines is 1. The maximum atomic E-state index is 11.9. The Morgan fingerprint density at radius 3 is 2.86 bits per heavy atom. The fourth-order valence-corrected chi connectivity index (χ4v) is 2.30. The summed E-state index contributed by atoms with van der Waals surface area (Å²) < 4.78 is 5.27. The Labute approximate surface area is 124 Å². The Hall–Kier alpha value is -2.08. The van der Waals surface area contributed by atoms with Crippen molar-refractivity contribution in [2.45, 2.75) is 13.3 Å². The van der Waals surface area contributed by atoms with Crippen LogP contribution < -0.4 is 16.0 Å². The summed E-state index contributed by atoms with van der Waals surface area (Å²) in [6, 6.07) is 4.99. The second-order valence-corrected chi connectivity index (χ2v) is 5.12. The highest BCUT2D eigenvalue weighted by atomic mass is 16.5. The van der Waals surface area contributed by atoms with Crippen LogP contribution >= 0.6 is 0 Å². The van der Waals surface area contributed by atoms with E-state index >= 15 is 0 Å². The largest absolute Gasteiger partial charge is 0.381 e. The van der Waals surface area contributed by atoms with Gasteiger partial charge in [-0.1, -0.05) is 6.07 Å². The molecule has 3 amide bonds. The molecule has 1 heterocycles. The first-order valence-electron chi connectivity index (χ1n) is 7.06. The monoisotopic (exact) mass is 291 g/mol. The van der Waals surface area contributed by atoms with Crippen molar-refractivity contribution in [3.05, 3.63) is 29.3 Å². The van der Waals surface area contributed by atoms with Crippen molar-refractivity contribution in [2.75, 3.05) is 32.1 Å². The van der Waals surface area contributed by atoms with Gasteiger partial charge < -0.3 is 20.7 Å². The lowest BCUT2D eigenvalue weighted by Crippen LogP contribution is -2.33. The number of benzene rings is 1. The Bertz CT molecular complexity index is 525. The average molecular weight is 291 g/mol.